The van der Waals surface area contributed by atoms with Crippen molar-refractivity contribution in [3.8, 4) is 0 Å². The minimum absolute atomic E-state index is 0.0586. The molecule has 1 saturated carbocycles. The molecule has 3 heteroatoms. The van der Waals surface area contributed by atoms with Crippen molar-refractivity contribution in [3.05, 3.63) is 0 Å². The summed E-state index contributed by atoms with van der Waals surface area (Å²) in [5.41, 5.74) is 0.249. The van der Waals surface area contributed by atoms with Crippen LogP contribution in [-0.2, 0) is 14.2 Å². The second-order valence-corrected chi connectivity index (χ2v) is 6.68. The second-order valence-electron chi connectivity index (χ2n) is 6.68. The zero-order valence-corrected chi connectivity index (χ0v) is 11.3. The lowest BCUT2D eigenvalue weighted by Crippen LogP contribution is -2.63. The molecule has 17 heavy (non-hydrogen) atoms. The lowest BCUT2D eigenvalue weighted by molar-refractivity contribution is -0.312. The number of ether oxygens (including phenoxy) is 3. The third kappa shape index (κ3) is 1.52. The van der Waals surface area contributed by atoms with Crippen LogP contribution in [0, 0.1) is 10.8 Å². The van der Waals surface area contributed by atoms with Crippen molar-refractivity contribution in [1.29, 1.82) is 0 Å². The second kappa shape index (κ2) is 3.69. The van der Waals surface area contributed by atoms with Crippen molar-refractivity contribution in [2.24, 2.45) is 10.8 Å². The molecule has 3 rings (SSSR count). The number of hydrogen-bond acceptors (Lipinski definition) is 3. The maximum Gasteiger partial charge on any atom is 0.176 e. The first-order valence-corrected chi connectivity index (χ1v) is 6.90. The Morgan fingerprint density at radius 3 is 2.29 bits per heavy atom. The van der Waals surface area contributed by atoms with Crippen LogP contribution in [0.4, 0.5) is 0 Å². The van der Waals surface area contributed by atoms with E-state index in [-0.39, 0.29) is 11.5 Å². The van der Waals surface area contributed by atoms with Crippen molar-refractivity contribution in [2.45, 2.75) is 58.3 Å². The summed E-state index contributed by atoms with van der Waals surface area (Å²) < 4.78 is 18.1. The fourth-order valence-electron chi connectivity index (χ4n) is 4.29. The van der Waals surface area contributed by atoms with Crippen LogP contribution >= 0.6 is 0 Å². The van der Waals surface area contributed by atoms with Crippen LogP contribution in [-0.4, -0.2) is 31.7 Å². The van der Waals surface area contributed by atoms with E-state index < -0.39 is 5.79 Å². The van der Waals surface area contributed by atoms with Gasteiger partial charge in [0, 0.05) is 18.4 Å². The Morgan fingerprint density at radius 1 is 0.882 bits per heavy atom. The average molecular weight is 240 g/mol. The third-order valence-electron chi connectivity index (χ3n) is 5.23. The molecule has 0 radical (unpaired) electrons. The molecule has 3 nitrogen and oxygen atoms in total. The van der Waals surface area contributed by atoms with Gasteiger partial charge in [-0.15, -0.1) is 0 Å². The van der Waals surface area contributed by atoms with Gasteiger partial charge in [-0.3, -0.25) is 0 Å². The molecule has 1 spiro atoms. The molecule has 3 aliphatic rings. The van der Waals surface area contributed by atoms with Crippen molar-refractivity contribution in [2.75, 3.05) is 19.8 Å². The molecule has 0 aromatic rings. The van der Waals surface area contributed by atoms with Gasteiger partial charge in [-0.2, -0.15) is 0 Å². The SMILES string of the molecule is CC1(C)[C@H]2OCCC[C@@]2(C)CCC12OCCO2. The number of hydrogen-bond donors (Lipinski definition) is 0. The van der Waals surface area contributed by atoms with E-state index in [1.165, 1.54) is 12.8 Å². The molecule has 0 aromatic carbocycles. The van der Waals surface area contributed by atoms with Gasteiger partial charge in [0.1, 0.15) is 0 Å². The summed E-state index contributed by atoms with van der Waals surface area (Å²) in [5, 5.41) is 0. The van der Waals surface area contributed by atoms with Crippen LogP contribution in [0.1, 0.15) is 46.5 Å². The summed E-state index contributed by atoms with van der Waals surface area (Å²) in [6.07, 6.45) is 4.89. The Kier molecular flexibility index (Phi) is 2.59. The van der Waals surface area contributed by atoms with E-state index in [9.17, 15) is 0 Å². The maximum absolute atomic E-state index is 6.13. The van der Waals surface area contributed by atoms with E-state index in [1.54, 1.807) is 0 Å². The highest BCUT2D eigenvalue weighted by atomic mass is 16.7. The van der Waals surface area contributed by atoms with E-state index >= 15 is 0 Å². The summed E-state index contributed by atoms with van der Waals surface area (Å²) >= 11 is 0. The molecule has 2 heterocycles. The minimum Gasteiger partial charge on any atom is -0.377 e. The largest absolute Gasteiger partial charge is 0.377 e. The van der Waals surface area contributed by atoms with Crippen LogP contribution in [0.25, 0.3) is 0 Å². The van der Waals surface area contributed by atoms with Crippen LogP contribution in [0.2, 0.25) is 0 Å². The quantitative estimate of drug-likeness (QED) is 0.651. The Labute approximate surface area is 104 Å². The first-order chi connectivity index (χ1) is 8.00. The molecule has 2 aliphatic heterocycles. The Bertz CT molecular complexity index is 307. The monoisotopic (exact) mass is 240 g/mol. The Hall–Kier alpha value is -0.120. The van der Waals surface area contributed by atoms with Gasteiger partial charge in [0.25, 0.3) is 0 Å². The minimum atomic E-state index is -0.394. The van der Waals surface area contributed by atoms with Crippen molar-refractivity contribution in [1.82, 2.24) is 0 Å². The Morgan fingerprint density at radius 2 is 1.59 bits per heavy atom. The summed E-state index contributed by atoms with van der Waals surface area (Å²) in [7, 11) is 0. The average Bonchev–Trinajstić information content (AvgIpc) is 2.75. The molecular formula is C14H24O3. The first kappa shape index (κ1) is 11.9. The van der Waals surface area contributed by atoms with Gasteiger partial charge in [-0.1, -0.05) is 20.8 Å². The lowest BCUT2D eigenvalue weighted by atomic mass is 9.56. The van der Waals surface area contributed by atoms with Crippen molar-refractivity contribution >= 4 is 0 Å². The molecular weight excluding hydrogens is 216 g/mol. The molecule has 2 saturated heterocycles. The normalized spacial score (nSPS) is 43.6. The Balaban J connectivity index is 1.94. The van der Waals surface area contributed by atoms with Gasteiger partial charge in [0.15, 0.2) is 5.79 Å². The topological polar surface area (TPSA) is 27.7 Å². The summed E-state index contributed by atoms with van der Waals surface area (Å²) in [6, 6.07) is 0. The lowest BCUT2D eigenvalue weighted by Gasteiger charge is -2.59. The molecule has 1 aliphatic carbocycles. The van der Waals surface area contributed by atoms with Gasteiger partial charge in [0.05, 0.1) is 19.3 Å². The van der Waals surface area contributed by atoms with Crippen molar-refractivity contribution < 1.29 is 14.2 Å². The smallest absolute Gasteiger partial charge is 0.176 e. The van der Waals surface area contributed by atoms with Gasteiger partial charge in [-0.25, -0.2) is 0 Å². The van der Waals surface area contributed by atoms with E-state index in [2.05, 4.69) is 20.8 Å². The van der Waals surface area contributed by atoms with Crippen LogP contribution in [0.5, 0.6) is 0 Å². The highest BCUT2D eigenvalue weighted by Crippen LogP contribution is 2.58. The summed E-state index contributed by atoms with van der Waals surface area (Å²) in [6.45, 7) is 9.23. The maximum atomic E-state index is 6.13. The van der Waals surface area contributed by atoms with Crippen LogP contribution in [0.15, 0.2) is 0 Å². The number of fused-ring (bicyclic) bond motifs is 1. The molecule has 0 bridgehead atoms. The predicted octanol–water partition coefficient (Wildman–Crippen LogP) is 2.73. The molecule has 0 amide bonds. The molecule has 0 aromatic heterocycles. The fraction of sp³-hybridized carbons (Fsp3) is 1.00. The summed E-state index contributed by atoms with van der Waals surface area (Å²) in [5.74, 6) is -0.394. The highest BCUT2D eigenvalue weighted by molar-refractivity contribution is 5.07. The van der Waals surface area contributed by atoms with Gasteiger partial charge >= 0.3 is 0 Å². The predicted molar refractivity (Wildman–Crippen MR) is 64.7 cm³/mol. The van der Waals surface area contributed by atoms with E-state index in [0.29, 0.717) is 5.41 Å². The number of rotatable bonds is 0. The van der Waals surface area contributed by atoms with E-state index in [4.69, 9.17) is 14.2 Å². The molecule has 2 atom stereocenters. The zero-order valence-electron chi connectivity index (χ0n) is 11.3. The van der Waals surface area contributed by atoms with Crippen LogP contribution in [0.3, 0.4) is 0 Å². The zero-order chi connectivity index (χ0) is 12.1. The molecule has 3 fully saturated rings. The third-order valence-corrected chi connectivity index (χ3v) is 5.23. The first-order valence-electron chi connectivity index (χ1n) is 6.90. The molecule has 0 N–H and O–H groups in total. The van der Waals surface area contributed by atoms with Gasteiger partial charge < -0.3 is 14.2 Å². The fourth-order valence-corrected chi connectivity index (χ4v) is 4.29. The van der Waals surface area contributed by atoms with E-state index in [1.807, 2.05) is 0 Å². The van der Waals surface area contributed by atoms with Crippen molar-refractivity contribution in [3.63, 3.8) is 0 Å². The van der Waals surface area contributed by atoms with Gasteiger partial charge in [0.2, 0.25) is 0 Å². The van der Waals surface area contributed by atoms with Gasteiger partial charge in [-0.05, 0) is 24.7 Å². The van der Waals surface area contributed by atoms with E-state index in [0.717, 1.165) is 32.7 Å². The summed E-state index contributed by atoms with van der Waals surface area (Å²) in [4.78, 5) is 0. The molecule has 0 unspecified atom stereocenters. The highest BCUT2D eigenvalue weighted by Gasteiger charge is 2.63. The molecule has 98 valence electrons. The van der Waals surface area contributed by atoms with Crippen LogP contribution < -0.4 is 0 Å². The standard InChI is InChI=1S/C14H24O3/c1-12(2)11-13(3,5-4-8-15-11)6-7-14(12)16-9-10-17-14/h11H,4-10H2,1-3H3/t11-,13+/m1/s1.